The van der Waals surface area contributed by atoms with Crippen molar-refractivity contribution in [3.63, 3.8) is 0 Å². The van der Waals surface area contributed by atoms with Gasteiger partial charge < -0.3 is 15.5 Å². The smallest absolute Gasteiger partial charge is 0.366 e. The molecule has 1 amide bonds. The maximum Gasteiger partial charge on any atom is 0.416 e. The first-order valence-electron chi connectivity index (χ1n) is 13.1. The Morgan fingerprint density at radius 2 is 1.75 bits per heavy atom. The highest BCUT2D eigenvalue weighted by molar-refractivity contribution is 6.04. The molecular weight excluding hydrogens is 517 g/mol. The molecule has 2 N–H and O–H groups in total. The molecule has 40 heavy (non-hydrogen) atoms. The number of aromatic nitrogens is 2. The second-order valence-corrected chi connectivity index (χ2v) is 10.3. The van der Waals surface area contributed by atoms with Gasteiger partial charge in [0.05, 0.1) is 5.56 Å². The van der Waals surface area contributed by atoms with Crippen LogP contribution in [0.1, 0.15) is 52.2 Å². The number of nitrogens with one attached hydrogen (secondary N) is 2. The maximum atomic E-state index is 13.9. The number of hydrogen-bond donors (Lipinski definition) is 2. The first-order valence-corrected chi connectivity index (χ1v) is 13.1. The number of aryl methyl sites for hydroxylation is 1. The molecule has 0 saturated carbocycles. The van der Waals surface area contributed by atoms with Crippen LogP contribution < -0.4 is 10.6 Å². The molecule has 0 unspecified atom stereocenters. The zero-order chi connectivity index (χ0) is 28.9. The molecule has 1 aliphatic heterocycles. The molecule has 2 aromatic carbocycles. The third kappa shape index (κ3) is 7.81. The molecule has 0 aliphatic carbocycles. The van der Waals surface area contributed by atoms with E-state index in [9.17, 15) is 18.0 Å². The minimum Gasteiger partial charge on any atom is -0.366 e. The average Bonchev–Trinajstić information content (AvgIpc) is 2.90. The van der Waals surface area contributed by atoms with Gasteiger partial charge in [-0.25, -0.2) is 0 Å². The highest BCUT2D eigenvalue weighted by atomic mass is 19.4. The van der Waals surface area contributed by atoms with Crippen molar-refractivity contribution in [1.82, 2.24) is 20.0 Å². The van der Waals surface area contributed by atoms with Gasteiger partial charge in [0.1, 0.15) is 11.5 Å². The van der Waals surface area contributed by atoms with E-state index in [4.69, 9.17) is 0 Å². The van der Waals surface area contributed by atoms with Crippen LogP contribution in [0.4, 0.5) is 24.7 Å². The number of halogens is 3. The van der Waals surface area contributed by atoms with E-state index < -0.39 is 17.6 Å². The Labute approximate surface area is 232 Å². The van der Waals surface area contributed by atoms with Crippen molar-refractivity contribution in [2.45, 2.75) is 39.5 Å². The van der Waals surface area contributed by atoms with Crippen LogP contribution in [0.2, 0.25) is 0 Å². The van der Waals surface area contributed by atoms with Crippen LogP contribution in [0.25, 0.3) is 0 Å². The van der Waals surface area contributed by atoms with Crippen LogP contribution in [0.3, 0.4) is 0 Å². The Bertz CT molecular complexity index is 1400. The Balaban J connectivity index is 1.49. The molecule has 3 aromatic rings. The summed E-state index contributed by atoms with van der Waals surface area (Å²) in [4.78, 5) is 17.2. The summed E-state index contributed by atoms with van der Waals surface area (Å²) < 4.78 is 41.8. The number of amides is 1. The molecular formula is C30H33F3N6O. The molecule has 1 saturated heterocycles. The Morgan fingerprint density at radius 3 is 2.40 bits per heavy atom. The molecule has 0 radical (unpaired) electrons. The third-order valence-corrected chi connectivity index (χ3v) is 6.59. The lowest BCUT2D eigenvalue weighted by Gasteiger charge is -2.33. The SMILES string of the molecule is Cc1ccc(C(=O)Nc2ccc(CN3CCN(C)CC3)c(C(F)(F)F)c2)cc1C#Cc1ccc(NC(C)C)nn1. The number of hydrogen-bond acceptors (Lipinski definition) is 6. The second kappa shape index (κ2) is 12.5. The van der Waals surface area contributed by atoms with Gasteiger partial charge in [-0.1, -0.05) is 18.1 Å². The van der Waals surface area contributed by atoms with E-state index in [-0.39, 0.29) is 29.4 Å². The predicted molar refractivity (Wildman–Crippen MR) is 150 cm³/mol. The lowest BCUT2D eigenvalue weighted by atomic mass is 10.0. The molecule has 1 aliphatic rings. The number of likely N-dealkylation sites (N-methyl/N-ethyl adjacent to an activating group) is 1. The number of rotatable bonds is 6. The molecule has 2 heterocycles. The molecule has 7 nitrogen and oxygen atoms in total. The number of alkyl halides is 3. The Kier molecular flexibility index (Phi) is 9.07. The summed E-state index contributed by atoms with van der Waals surface area (Å²) >= 11 is 0. The lowest BCUT2D eigenvalue weighted by molar-refractivity contribution is -0.138. The fraction of sp³-hybridized carbons (Fsp3) is 0.367. The van der Waals surface area contributed by atoms with E-state index in [2.05, 4.69) is 37.6 Å². The normalized spacial score (nSPS) is 14.5. The quantitative estimate of drug-likeness (QED) is 0.420. The summed E-state index contributed by atoms with van der Waals surface area (Å²) in [6.07, 6.45) is -4.54. The highest BCUT2D eigenvalue weighted by Gasteiger charge is 2.34. The molecule has 210 valence electrons. The van der Waals surface area contributed by atoms with Crippen molar-refractivity contribution in [3.8, 4) is 11.8 Å². The zero-order valence-corrected chi connectivity index (χ0v) is 23.1. The molecule has 10 heteroatoms. The van der Waals surface area contributed by atoms with Gasteiger partial charge in [0, 0.05) is 55.6 Å². The van der Waals surface area contributed by atoms with Gasteiger partial charge in [0.15, 0.2) is 0 Å². The van der Waals surface area contributed by atoms with Crippen molar-refractivity contribution in [1.29, 1.82) is 0 Å². The standard InChI is InChI=1S/C30H33F3N6O/c1-20(2)34-28-12-11-25(36-37-28)9-7-22-17-23(6-5-21(22)3)29(40)35-26-10-8-24(27(18-26)30(31,32)33)19-39-15-13-38(4)14-16-39/h5-6,8,10-12,17-18,20H,13-16,19H2,1-4H3,(H,34,37)(H,35,40). The number of nitrogens with zero attached hydrogens (tertiary/aromatic N) is 4. The summed E-state index contributed by atoms with van der Waals surface area (Å²) in [5.74, 6) is 6.09. The first-order chi connectivity index (χ1) is 19.0. The van der Waals surface area contributed by atoms with E-state index in [0.717, 1.165) is 24.7 Å². The number of anilines is 2. The predicted octanol–water partition coefficient (Wildman–Crippen LogP) is 5.02. The second-order valence-electron chi connectivity index (χ2n) is 10.3. The molecule has 0 bridgehead atoms. The average molecular weight is 551 g/mol. The summed E-state index contributed by atoms with van der Waals surface area (Å²) in [7, 11) is 2.00. The zero-order valence-electron chi connectivity index (χ0n) is 23.1. The largest absolute Gasteiger partial charge is 0.416 e. The Hall–Kier alpha value is -3.94. The van der Waals surface area contributed by atoms with Crippen molar-refractivity contribution in [3.05, 3.63) is 82.0 Å². The van der Waals surface area contributed by atoms with Crippen molar-refractivity contribution in [2.24, 2.45) is 0 Å². The van der Waals surface area contributed by atoms with E-state index in [1.807, 2.05) is 32.7 Å². The summed E-state index contributed by atoms with van der Waals surface area (Å²) in [5, 5.41) is 14.0. The lowest BCUT2D eigenvalue weighted by Crippen LogP contribution is -2.44. The summed E-state index contributed by atoms with van der Waals surface area (Å²) in [5.41, 5.74) is 1.75. The van der Waals surface area contributed by atoms with Crippen molar-refractivity contribution >= 4 is 17.4 Å². The highest BCUT2D eigenvalue weighted by Crippen LogP contribution is 2.34. The minimum absolute atomic E-state index is 0.0815. The van der Waals surface area contributed by atoms with Gasteiger partial charge in [0.2, 0.25) is 0 Å². The first kappa shape index (κ1) is 29.1. The molecule has 1 aromatic heterocycles. The number of benzene rings is 2. The summed E-state index contributed by atoms with van der Waals surface area (Å²) in [6, 6.07) is 12.7. The van der Waals surface area contributed by atoms with Gasteiger partial charge >= 0.3 is 6.18 Å². The van der Waals surface area contributed by atoms with Gasteiger partial charge in [-0.05, 0) is 81.3 Å². The van der Waals surface area contributed by atoms with Crippen LogP contribution in [0.5, 0.6) is 0 Å². The monoisotopic (exact) mass is 550 g/mol. The Morgan fingerprint density at radius 1 is 1.00 bits per heavy atom. The van der Waals surface area contributed by atoms with Crippen molar-refractivity contribution < 1.29 is 18.0 Å². The van der Waals surface area contributed by atoms with Gasteiger partial charge in [-0.3, -0.25) is 9.69 Å². The number of carbonyl (C=O) groups is 1. The van der Waals surface area contributed by atoms with Gasteiger partial charge in [-0.2, -0.15) is 13.2 Å². The van der Waals surface area contributed by atoms with Crippen LogP contribution >= 0.6 is 0 Å². The van der Waals surface area contributed by atoms with E-state index >= 15 is 0 Å². The fourth-order valence-corrected chi connectivity index (χ4v) is 4.31. The molecule has 0 atom stereocenters. The molecule has 0 spiro atoms. The topological polar surface area (TPSA) is 73.4 Å². The molecule has 4 rings (SSSR count). The number of carbonyl (C=O) groups excluding carboxylic acids is 1. The fourth-order valence-electron chi connectivity index (χ4n) is 4.31. The van der Waals surface area contributed by atoms with Crippen LogP contribution in [0.15, 0.2) is 48.5 Å². The van der Waals surface area contributed by atoms with Crippen molar-refractivity contribution in [2.75, 3.05) is 43.9 Å². The van der Waals surface area contributed by atoms with Crippen LogP contribution in [0, 0.1) is 18.8 Å². The minimum atomic E-state index is -4.54. The van der Waals surface area contributed by atoms with E-state index in [1.54, 1.807) is 30.3 Å². The van der Waals surface area contributed by atoms with Gasteiger partial charge in [0.25, 0.3) is 5.91 Å². The van der Waals surface area contributed by atoms with Crippen LogP contribution in [-0.2, 0) is 12.7 Å². The molecule has 1 fully saturated rings. The number of piperazine rings is 1. The van der Waals surface area contributed by atoms with E-state index in [0.29, 0.717) is 30.2 Å². The van der Waals surface area contributed by atoms with Crippen LogP contribution in [-0.4, -0.2) is 65.2 Å². The summed E-state index contributed by atoms with van der Waals surface area (Å²) in [6.45, 7) is 9.11. The maximum absolute atomic E-state index is 13.9. The van der Waals surface area contributed by atoms with E-state index in [1.165, 1.54) is 12.1 Å². The van der Waals surface area contributed by atoms with Gasteiger partial charge in [-0.15, -0.1) is 10.2 Å². The third-order valence-electron chi connectivity index (χ3n) is 6.59.